The molecule has 0 saturated heterocycles. The van der Waals surface area contributed by atoms with Gasteiger partial charge >= 0.3 is 0 Å². The number of carbonyl (C=O) groups excluding carboxylic acids is 1. The van der Waals surface area contributed by atoms with Crippen LogP contribution in [0, 0.1) is 0 Å². The second-order valence-corrected chi connectivity index (χ2v) is 5.01. The van der Waals surface area contributed by atoms with Crippen molar-refractivity contribution in [1.29, 1.82) is 0 Å². The summed E-state index contributed by atoms with van der Waals surface area (Å²) in [5.74, 6) is -0.0457. The molecule has 1 aliphatic carbocycles. The zero-order valence-electron chi connectivity index (χ0n) is 9.80. The number of amides is 1. The molecule has 0 aromatic heterocycles. The fraction of sp³-hybridized carbons (Fsp3) is 0.909. The van der Waals surface area contributed by atoms with Crippen molar-refractivity contribution in [1.82, 2.24) is 5.32 Å². The lowest BCUT2D eigenvalue weighted by Gasteiger charge is -2.40. The van der Waals surface area contributed by atoms with Crippen molar-refractivity contribution in [2.24, 2.45) is 0 Å². The van der Waals surface area contributed by atoms with E-state index < -0.39 is 5.54 Å². The minimum Gasteiger partial charge on any atom is -0.394 e. The third-order valence-electron chi connectivity index (χ3n) is 3.05. The van der Waals surface area contributed by atoms with E-state index in [4.69, 9.17) is 9.84 Å². The molecule has 0 heterocycles. The molecule has 0 aromatic carbocycles. The molecular formula is C11H21NO3. The van der Waals surface area contributed by atoms with Gasteiger partial charge in [-0.2, -0.15) is 0 Å². The number of aliphatic hydroxyl groups is 1. The zero-order chi connectivity index (χ0) is 11.5. The van der Waals surface area contributed by atoms with E-state index in [1.807, 2.05) is 0 Å². The molecule has 15 heavy (non-hydrogen) atoms. The van der Waals surface area contributed by atoms with E-state index in [0.717, 1.165) is 19.3 Å². The molecule has 0 aromatic rings. The van der Waals surface area contributed by atoms with Crippen LogP contribution in [0.25, 0.3) is 0 Å². The highest BCUT2D eigenvalue weighted by Crippen LogP contribution is 2.37. The smallest absolute Gasteiger partial charge is 0.223 e. The van der Waals surface area contributed by atoms with Crippen LogP contribution in [0.5, 0.6) is 0 Å². The Morgan fingerprint density at radius 2 is 2.13 bits per heavy atom. The van der Waals surface area contributed by atoms with Crippen LogP contribution in [0.4, 0.5) is 0 Å². The predicted molar refractivity (Wildman–Crippen MR) is 57.5 cm³/mol. The second-order valence-electron chi connectivity index (χ2n) is 5.01. The van der Waals surface area contributed by atoms with Crippen molar-refractivity contribution >= 4 is 5.91 Å². The SMILES string of the molecule is COC1(CC(=O)NC(C)(C)CO)CCC1. The number of hydrogen-bond donors (Lipinski definition) is 2. The summed E-state index contributed by atoms with van der Waals surface area (Å²) in [6.45, 7) is 3.54. The van der Waals surface area contributed by atoms with Crippen LogP contribution in [0.3, 0.4) is 0 Å². The highest BCUT2D eigenvalue weighted by atomic mass is 16.5. The first kappa shape index (κ1) is 12.5. The fourth-order valence-electron chi connectivity index (χ4n) is 1.78. The number of rotatable bonds is 5. The van der Waals surface area contributed by atoms with E-state index in [-0.39, 0.29) is 18.1 Å². The van der Waals surface area contributed by atoms with Crippen molar-refractivity contribution < 1.29 is 14.6 Å². The average molecular weight is 215 g/mol. The Balaban J connectivity index is 2.42. The molecular weight excluding hydrogens is 194 g/mol. The maximum atomic E-state index is 11.7. The van der Waals surface area contributed by atoms with Gasteiger partial charge < -0.3 is 15.2 Å². The molecule has 0 spiro atoms. The number of nitrogens with one attached hydrogen (secondary N) is 1. The van der Waals surface area contributed by atoms with Crippen LogP contribution in [-0.4, -0.2) is 35.9 Å². The standard InChI is InChI=1S/C11H21NO3/c1-10(2,8-13)12-9(14)7-11(15-3)5-4-6-11/h13H,4-8H2,1-3H3,(H,12,14). The van der Waals surface area contributed by atoms with E-state index in [1.54, 1.807) is 21.0 Å². The number of methoxy groups -OCH3 is 1. The van der Waals surface area contributed by atoms with E-state index in [9.17, 15) is 4.79 Å². The maximum Gasteiger partial charge on any atom is 0.223 e. The lowest BCUT2D eigenvalue weighted by molar-refractivity contribution is -0.136. The Hall–Kier alpha value is -0.610. The Labute approximate surface area is 91.0 Å². The topological polar surface area (TPSA) is 58.6 Å². The van der Waals surface area contributed by atoms with Crippen molar-refractivity contribution in [3.63, 3.8) is 0 Å². The van der Waals surface area contributed by atoms with Crippen LogP contribution in [0.2, 0.25) is 0 Å². The number of carbonyl (C=O) groups is 1. The van der Waals surface area contributed by atoms with Crippen LogP contribution in [-0.2, 0) is 9.53 Å². The molecule has 0 radical (unpaired) electrons. The fourth-order valence-corrected chi connectivity index (χ4v) is 1.78. The molecule has 88 valence electrons. The van der Waals surface area contributed by atoms with Crippen LogP contribution >= 0.6 is 0 Å². The summed E-state index contributed by atoms with van der Waals surface area (Å²) in [6.07, 6.45) is 3.43. The Kier molecular flexibility index (Phi) is 3.73. The quantitative estimate of drug-likeness (QED) is 0.714. The Morgan fingerprint density at radius 1 is 1.53 bits per heavy atom. The minimum absolute atomic E-state index is 0.0457. The Bertz CT molecular complexity index is 228. The third kappa shape index (κ3) is 3.18. The molecule has 4 nitrogen and oxygen atoms in total. The van der Waals surface area contributed by atoms with E-state index >= 15 is 0 Å². The van der Waals surface area contributed by atoms with E-state index in [0.29, 0.717) is 6.42 Å². The number of ether oxygens (including phenoxy) is 1. The lowest BCUT2D eigenvalue weighted by Crippen LogP contribution is -2.50. The van der Waals surface area contributed by atoms with Gasteiger partial charge in [0.25, 0.3) is 0 Å². The van der Waals surface area contributed by atoms with Gasteiger partial charge in [-0.25, -0.2) is 0 Å². The predicted octanol–water partition coefficient (Wildman–Crippen LogP) is 0.833. The molecule has 1 rings (SSSR count). The summed E-state index contributed by atoms with van der Waals surface area (Å²) < 4.78 is 5.37. The minimum atomic E-state index is -0.546. The van der Waals surface area contributed by atoms with Crippen molar-refractivity contribution in [2.75, 3.05) is 13.7 Å². The molecule has 0 unspecified atom stereocenters. The maximum absolute atomic E-state index is 11.7. The molecule has 1 saturated carbocycles. The number of aliphatic hydroxyl groups excluding tert-OH is 1. The summed E-state index contributed by atoms with van der Waals surface area (Å²) in [5.41, 5.74) is -0.786. The van der Waals surface area contributed by atoms with Crippen LogP contribution in [0.15, 0.2) is 0 Å². The van der Waals surface area contributed by atoms with Gasteiger partial charge in [0.1, 0.15) is 0 Å². The van der Waals surface area contributed by atoms with Gasteiger partial charge in [-0.15, -0.1) is 0 Å². The molecule has 1 aliphatic rings. The first-order valence-corrected chi connectivity index (χ1v) is 5.40. The summed E-state index contributed by atoms with van der Waals surface area (Å²) >= 11 is 0. The highest BCUT2D eigenvalue weighted by Gasteiger charge is 2.39. The average Bonchev–Trinajstić information content (AvgIpc) is 2.11. The Morgan fingerprint density at radius 3 is 2.47 bits per heavy atom. The van der Waals surface area contributed by atoms with Gasteiger partial charge in [0, 0.05) is 7.11 Å². The van der Waals surface area contributed by atoms with E-state index in [1.165, 1.54) is 0 Å². The molecule has 0 atom stereocenters. The normalized spacial score (nSPS) is 19.5. The first-order chi connectivity index (χ1) is 6.93. The van der Waals surface area contributed by atoms with Crippen molar-refractivity contribution in [2.45, 2.75) is 50.7 Å². The monoisotopic (exact) mass is 215 g/mol. The van der Waals surface area contributed by atoms with Crippen molar-refractivity contribution in [3.8, 4) is 0 Å². The number of hydrogen-bond acceptors (Lipinski definition) is 3. The van der Waals surface area contributed by atoms with Gasteiger partial charge in [0.05, 0.1) is 24.2 Å². The molecule has 0 bridgehead atoms. The summed E-state index contributed by atoms with van der Waals surface area (Å²) in [5, 5.41) is 11.8. The second kappa shape index (κ2) is 4.49. The molecule has 2 N–H and O–H groups in total. The van der Waals surface area contributed by atoms with Gasteiger partial charge in [-0.1, -0.05) is 0 Å². The molecule has 4 heteroatoms. The van der Waals surface area contributed by atoms with Gasteiger partial charge in [-0.3, -0.25) is 4.79 Å². The largest absolute Gasteiger partial charge is 0.394 e. The van der Waals surface area contributed by atoms with Gasteiger partial charge in [0.2, 0.25) is 5.91 Å². The molecule has 1 amide bonds. The van der Waals surface area contributed by atoms with Crippen molar-refractivity contribution in [3.05, 3.63) is 0 Å². The zero-order valence-corrected chi connectivity index (χ0v) is 9.80. The summed E-state index contributed by atoms with van der Waals surface area (Å²) in [7, 11) is 1.66. The summed E-state index contributed by atoms with van der Waals surface area (Å²) in [4.78, 5) is 11.7. The molecule has 1 fully saturated rings. The van der Waals surface area contributed by atoms with Gasteiger partial charge in [-0.05, 0) is 33.1 Å². The first-order valence-electron chi connectivity index (χ1n) is 5.40. The van der Waals surface area contributed by atoms with Gasteiger partial charge in [0.15, 0.2) is 0 Å². The summed E-state index contributed by atoms with van der Waals surface area (Å²) in [6, 6.07) is 0. The van der Waals surface area contributed by atoms with Crippen LogP contribution < -0.4 is 5.32 Å². The highest BCUT2D eigenvalue weighted by molar-refractivity contribution is 5.78. The lowest BCUT2D eigenvalue weighted by atomic mass is 9.77. The molecule has 0 aliphatic heterocycles. The van der Waals surface area contributed by atoms with E-state index in [2.05, 4.69) is 5.32 Å². The third-order valence-corrected chi connectivity index (χ3v) is 3.05. The van der Waals surface area contributed by atoms with Crippen LogP contribution in [0.1, 0.15) is 39.5 Å².